The van der Waals surface area contributed by atoms with E-state index >= 15 is 0 Å². The molecule has 1 aliphatic heterocycles. The van der Waals surface area contributed by atoms with Gasteiger partial charge in [-0.15, -0.1) is 0 Å². The summed E-state index contributed by atoms with van der Waals surface area (Å²) in [5, 5.41) is 11.9. The number of sulfonamides is 1. The Morgan fingerprint density at radius 1 is 0.956 bits per heavy atom. The van der Waals surface area contributed by atoms with Gasteiger partial charge in [-0.05, 0) is 53.4 Å². The highest BCUT2D eigenvalue weighted by Crippen LogP contribution is 2.40. The number of halogens is 1. The maximum Gasteiger partial charge on any atom is 0.410 e. The Bertz CT molecular complexity index is 1610. The molecule has 45 heavy (non-hydrogen) atoms. The van der Waals surface area contributed by atoms with Crippen molar-refractivity contribution in [2.45, 2.75) is 56.4 Å². The van der Waals surface area contributed by atoms with E-state index in [1.54, 1.807) is 6.07 Å². The van der Waals surface area contributed by atoms with Crippen LogP contribution in [-0.2, 0) is 41.1 Å². The molecular weight excluding hydrogens is 607 g/mol. The number of carboxylic acids is 1. The van der Waals surface area contributed by atoms with Crippen LogP contribution in [0.4, 0.5) is 9.18 Å². The normalized spacial score (nSPS) is 15.8. The summed E-state index contributed by atoms with van der Waals surface area (Å²) in [6, 6.07) is 18.9. The van der Waals surface area contributed by atoms with Crippen molar-refractivity contribution in [2.75, 3.05) is 13.1 Å². The van der Waals surface area contributed by atoms with E-state index in [-0.39, 0.29) is 36.7 Å². The Morgan fingerprint density at radius 2 is 1.62 bits per heavy atom. The minimum absolute atomic E-state index is 0.0218. The topological polar surface area (TPSA) is 149 Å². The maximum absolute atomic E-state index is 13.6. The second-order valence-corrected chi connectivity index (χ2v) is 13.1. The molecule has 11 nitrogen and oxygen atoms in total. The number of carboxylic acid groups (broad SMARTS) is 1. The van der Waals surface area contributed by atoms with Gasteiger partial charge >= 0.3 is 18.0 Å². The molecular formula is C32H35FN2O9S. The predicted octanol–water partition coefficient (Wildman–Crippen LogP) is 4.46. The molecule has 2 atom stereocenters. The van der Waals surface area contributed by atoms with Gasteiger partial charge in [-0.25, -0.2) is 22.4 Å². The van der Waals surface area contributed by atoms with Crippen LogP contribution in [0.5, 0.6) is 5.75 Å². The van der Waals surface area contributed by atoms with Gasteiger partial charge in [0.25, 0.3) is 0 Å². The lowest BCUT2D eigenvalue weighted by atomic mass is 9.87. The Morgan fingerprint density at radius 3 is 2.24 bits per heavy atom. The van der Waals surface area contributed by atoms with E-state index in [1.165, 1.54) is 53.7 Å². The molecule has 0 spiro atoms. The lowest BCUT2D eigenvalue weighted by Gasteiger charge is -2.48. The van der Waals surface area contributed by atoms with Gasteiger partial charge in [0.15, 0.2) is 5.60 Å². The van der Waals surface area contributed by atoms with Crippen LogP contribution in [0.2, 0.25) is 0 Å². The first-order valence-electron chi connectivity index (χ1n) is 14.3. The van der Waals surface area contributed by atoms with Crippen LogP contribution >= 0.6 is 0 Å². The molecule has 0 aliphatic carbocycles. The number of aliphatic carboxylic acids is 1. The van der Waals surface area contributed by atoms with Gasteiger partial charge < -0.3 is 24.6 Å². The van der Waals surface area contributed by atoms with E-state index in [9.17, 15) is 32.3 Å². The van der Waals surface area contributed by atoms with Crippen molar-refractivity contribution >= 4 is 28.1 Å². The van der Waals surface area contributed by atoms with Gasteiger partial charge in [0.2, 0.25) is 16.3 Å². The summed E-state index contributed by atoms with van der Waals surface area (Å²) >= 11 is 0. The van der Waals surface area contributed by atoms with Crippen molar-refractivity contribution in [1.82, 2.24) is 9.62 Å². The molecule has 1 aliphatic rings. The van der Waals surface area contributed by atoms with Crippen LogP contribution < -0.4 is 10.1 Å². The summed E-state index contributed by atoms with van der Waals surface area (Å²) in [6.07, 6.45) is -2.49. The Kier molecular flexibility index (Phi) is 10.5. The zero-order valence-electron chi connectivity index (χ0n) is 25.0. The van der Waals surface area contributed by atoms with Crippen molar-refractivity contribution in [1.29, 1.82) is 0 Å². The largest absolute Gasteiger partial charge is 0.480 e. The van der Waals surface area contributed by atoms with E-state index in [1.807, 2.05) is 44.2 Å². The number of esters is 1. The van der Waals surface area contributed by atoms with Crippen LogP contribution in [-0.4, -0.2) is 61.3 Å². The second kappa shape index (κ2) is 14.1. The first kappa shape index (κ1) is 33.4. The van der Waals surface area contributed by atoms with E-state index in [0.717, 1.165) is 5.56 Å². The van der Waals surface area contributed by atoms with Crippen LogP contribution in [0, 0.1) is 11.7 Å². The fourth-order valence-corrected chi connectivity index (χ4v) is 6.41. The van der Waals surface area contributed by atoms with Crippen molar-refractivity contribution in [3.63, 3.8) is 0 Å². The third-order valence-electron chi connectivity index (χ3n) is 7.00. The molecule has 1 amide bonds. The van der Waals surface area contributed by atoms with Gasteiger partial charge in [0.05, 0.1) is 18.0 Å². The lowest BCUT2D eigenvalue weighted by molar-refractivity contribution is -0.166. The van der Waals surface area contributed by atoms with Gasteiger partial charge in [0.1, 0.15) is 17.6 Å². The van der Waals surface area contributed by atoms with Gasteiger partial charge in [-0.3, -0.25) is 4.79 Å². The number of hydrogen-bond acceptors (Lipinski definition) is 8. The number of hydrogen-bond donors (Lipinski definition) is 2. The molecule has 0 aromatic heterocycles. The number of carbonyl (C=O) groups excluding carboxylic acids is 2. The lowest BCUT2D eigenvalue weighted by Crippen LogP contribution is -2.64. The molecule has 2 N–H and O–H groups in total. The Hall–Kier alpha value is -4.49. The fraction of sp³-hybridized carbons (Fsp3) is 0.344. The average molecular weight is 643 g/mol. The van der Waals surface area contributed by atoms with E-state index in [0.29, 0.717) is 11.3 Å². The minimum Gasteiger partial charge on any atom is -0.480 e. The first-order valence-corrected chi connectivity index (χ1v) is 15.7. The number of benzene rings is 3. The number of nitrogens with one attached hydrogen (secondary N) is 1. The van der Waals surface area contributed by atoms with Crippen LogP contribution in [0.1, 0.15) is 38.3 Å². The Labute approximate surface area is 261 Å². The standard InChI is InChI=1S/C32H35FN2O9S/c1-21(2)16-29(36)42-22(3)43-31(39)34-28(30(37)38)18-23-8-7-11-27(17-23)45(40,41)35-19-32(20-35,24-9-5-4-6-10-24)44-26-14-12-25(33)13-15-26/h4-15,17,21-22,28H,16,18-20H2,1-3H3,(H,34,39)(H,37,38). The number of rotatable bonds is 13. The smallest absolute Gasteiger partial charge is 0.410 e. The van der Waals surface area contributed by atoms with Crippen LogP contribution in [0.25, 0.3) is 0 Å². The monoisotopic (exact) mass is 642 g/mol. The third-order valence-corrected chi connectivity index (χ3v) is 8.79. The molecule has 2 unspecified atom stereocenters. The molecule has 1 fully saturated rings. The predicted molar refractivity (Wildman–Crippen MR) is 160 cm³/mol. The molecule has 0 bridgehead atoms. The SMILES string of the molecule is CC(C)CC(=O)OC(C)OC(=O)NC(Cc1cccc(S(=O)(=O)N2CC(Oc3ccc(F)cc3)(c3ccccc3)C2)c1)C(=O)O. The molecule has 0 radical (unpaired) electrons. The third kappa shape index (κ3) is 8.58. The summed E-state index contributed by atoms with van der Waals surface area (Å²) in [7, 11) is -4.03. The summed E-state index contributed by atoms with van der Waals surface area (Å²) in [5.74, 6) is -1.95. The first-order chi connectivity index (χ1) is 21.3. The summed E-state index contributed by atoms with van der Waals surface area (Å²) in [5.41, 5.74) is 0.0706. The summed E-state index contributed by atoms with van der Waals surface area (Å²) in [4.78, 5) is 36.0. The highest BCUT2D eigenvalue weighted by molar-refractivity contribution is 7.89. The maximum atomic E-state index is 13.6. The van der Waals surface area contributed by atoms with Crippen molar-refractivity contribution < 1.29 is 46.5 Å². The summed E-state index contributed by atoms with van der Waals surface area (Å²) in [6.45, 7) is 4.93. The molecule has 240 valence electrons. The number of carbonyl (C=O) groups is 3. The quantitative estimate of drug-likeness (QED) is 0.204. The second-order valence-electron chi connectivity index (χ2n) is 11.1. The number of nitrogens with zero attached hydrogens (tertiary/aromatic N) is 1. The van der Waals surface area contributed by atoms with E-state index in [2.05, 4.69) is 5.32 Å². The van der Waals surface area contributed by atoms with Gasteiger partial charge in [-0.2, -0.15) is 4.31 Å². The zero-order valence-corrected chi connectivity index (χ0v) is 25.8. The van der Waals surface area contributed by atoms with Gasteiger partial charge in [-0.1, -0.05) is 56.3 Å². The molecule has 1 heterocycles. The van der Waals surface area contributed by atoms with E-state index < -0.39 is 51.8 Å². The molecule has 3 aromatic rings. The number of alkyl carbamates (subject to hydrolysis) is 1. The molecule has 3 aromatic carbocycles. The highest BCUT2D eigenvalue weighted by atomic mass is 32.2. The zero-order chi connectivity index (χ0) is 32.8. The molecule has 13 heteroatoms. The van der Waals surface area contributed by atoms with Crippen molar-refractivity contribution in [3.05, 3.63) is 95.8 Å². The minimum atomic E-state index is -4.03. The number of amides is 1. The van der Waals surface area contributed by atoms with Crippen LogP contribution in [0.3, 0.4) is 0 Å². The van der Waals surface area contributed by atoms with Crippen molar-refractivity contribution in [2.24, 2.45) is 5.92 Å². The van der Waals surface area contributed by atoms with Gasteiger partial charge in [0, 0.05) is 19.8 Å². The summed E-state index contributed by atoms with van der Waals surface area (Å²) < 4.78 is 58.2. The number of ether oxygens (including phenoxy) is 3. The molecule has 4 rings (SSSR count). The molecule has 1 saturated heterocycles. The Balaban J connectivity index is 1.44. The average Bonchev–Trinajstić information content (AvgIpc) is 2.95. The molecule has 0 saturated carbocycles. The highest BCUT2D eigenvalue weighted by Gasteiger charge is 2.52. The fourth-order valence-electron chi connectivity index (χ4n) is 4.80. The van der Waals surface area contributed by atoms with Crippen molar-refractivity contribution in [3.8, 4) is 5.75 Å². The van der Waals surface area contributed by atoms with E-state index in [4.69, 9.17) is 14.2 Å². The van der Waals surface area contributed by atoms with Crippen LogP contribution in [0.15, 0.2) is 83.8 Å².